The normalized spacial score (nSPS) is 22.6. The number of benzene rings is 9. The number of para-hydroxylation sites is 1. The molecule has 2 atom stereocenters. The summed E-state index contributed by atoms with van der Waals surface area (Å²) < 4.78 is 6.96. The molecule has 1 aromatic heterocycles. The maximum Gasteiger partial charge on any atom is 0.252 e. The van der Waals surface area contributed by atoms with Crippen molar-refractivity contribution in [2.45, 2.75) is 218 Å². The molecule has 1 saturated carbocycles. The van der Waals surface area contributed by atoms with Gasteiger partial charge in [0.05, 0.1) is 16.6 Å². The van der Waals surface area contributed by atoms with Crippen molar-refractivity contribution in [2.24, 2.45) is 0 Å². The zero-order valence-corrected chi connectivity index (χ0v) is 58.6. The highest BCUT2D eigenvalue weighted by Crippen LogP contribution is 2.64. The predicted octanol–water partition coefficient (Wildman–Crippen LogP) is 22.0. The second-order valence-electron chi connectivity index (χ2n) is 34.9. The molecule has 0 bridgehead atoms. The van der Waals surface area contributed by atoms with E-state index in [1.54, 1.807) is 0 Å². The van der Waals surface area contributed by atoms with Crippen LogP contribution in [0.4, 0.5) is 45.5 Å². The van der Waals surface area contributed by atoms with Crippen LogP contribution in [0.1, 0.15) is 225 Å². The molecule has 5 heteroatoms. The van der Waals surface area contributed by atoms with Gasteiger partial charge in [-0.05, 0) is 222 Å². The molecule has 93 heavy (non-hydrogen) atoms. The molecular weight excluding hydrogens is 1130 g/mol. The first-order valence-corrected chi connectivity index (χ1v) is 35.3. The number of hydrogen-bond donors (Lipinski definition) is 0. The largest absolute Gasteiger partial charge is 0.456 e. The van der Waals surface area contributed by atoms with E-state index in [4.69, 9.17) is 4.42 Å². The second-order valence-corrected chi connectivity index (χ2v) is 34.9. The Balaban J connectivity index is 1.03. The van der Waals surface area contributed by atoms with Gasteiger partial charge < -0.3 is 19.1 Å². The number of furan rings is 1. The van der Waals surface area contributed by atoms with Gasteiger partial charge in [-0.15, -0.1) is 0 Å². The Hall–Kier alpha value is -7.76. The summed E-state index contributed by atoms with van der Waals surface area (Å²) in [4.78, 5) is 8.42. The van der Waals surface area contributed by atoms with Crippen molar-refractivity contribution in [2.75, 3.05) is 14.7 Å². The van der Waals surface area contributed by atoms with Crippen LogP contribution in [-0.2, 0) is 43.3 Å². The van der Waals surface area contributed by atoms with Crippen molar-refractivity contribution in [3.8, 4) is 11.1 Å². The van der Waals surface area contributed by atoms with Crippen LogP contribution in [0.2, 0.25) is 0 Å². The van der Waals surface area contributed by atoms with E-state index < -0.39 is 0 Å². The Morgan fingerprint density at radius 1 is 0.376 bits per heavy atom. The first-order valence-electron chi connectivity index (χ1n) is 35.3. The lowest BCUT2D eigenvalue weighted by Crippen LogP contribution is -2.62. The minimum absolute atomic E-state index is 0.00197. The molecule has 17 rings (SSSR count). The van der Waals surface area contributed by atoms with Gasteiger partial charge in [-0.1, -0.05) is 221 Å². The first-order chi connectivity index (χ1) is 43.9. The number of rotatable bonds is 4. The molecule has 10 aromatic rings. The summed E-state index contributed by atoms with van der Waals surface area (Å²) >= 11 is 0. The van der Waals surface area contributed by atoms with E-state index in [9.17, 15) is 0 Å². The van der Waals surface area contributed by atoms with Crippen LogP contribution >= 0.6 is 0 Å². The first kappa shape index (κ1) is 59.0. The van der Waals surface area contributed by atoms with Crippen LogP contribution in [0.15, 0.2) is 168 Å². The zero-order chi connectivity index (χ0) is 64.9. The minimum Gasteiger partial charge on any atom is -0.456 e. The lowest BCUT2D eigenvalue weighted by Gasteiger charge is -2.52. The summed E-state index contributed by atoms with van der Waals surface area (Å²) in [5.41, 5.74) is 32.2. The lowest BCUT2D eigenvalue weighted by molar-refractivity contribution is 0.195. The fourth-order valence-corrected chi connectivity index (χ4v) is 19.8. The molecule has 4 aliphatic carbocycles. The molecule has 0 radical (unpaired) electrons. The molecule has 2 unspecified atom stereocenters. The summed E-state index contributed by atoms with van der Waals surface area (Å²) in [7, 11) is 0. The van der Waals surface area contributed by atoms with E-state index in [1.807, 2.05) is 0 Å². The van der Waals surface area contributed by atoms with Gasteiger partial charge in [0.15, 0.2) is 0 Å². The van der Waals surface area contributed by atoms with Gasteiger partial charge >= 0.3 is 0 Å². The average Bonchev–Trinajstić information content (AvgIpc) is 0.912. The number of nitrogens with zero attached hydrogens (tertiary/aromatic N) is 3. The number of anilines is 8. The topological polar surface area (TPSA) is 22.9 Å². The molecular formula is C88H94BN3O. The van der Waals surface area contributed by atoms with Crippen LogP contribution in [0, 0.1) is 0 Å². The molecule has 0 amide bonds. The average molecular weight is 1220 g/mol. The number of hydrogen-bond acceptors (Lipinski definition) is 4. The van der Waals surface area contributed by atoms with E-state index in [0.717, 1.165) is 59.7 Å². The molecule has 7 aliphatic rings. The van der Waals surface area contributed by atoms with Gasteiger partial charge in [0.25, 0.3) is 6.71 Å². The fraction of sp³-hybridized carbons (Fsp3) is 0.386. The zero-order valence-electron chi connectivity index (χ0n) is 58.6. The monoisotopic (exact) mass is 1220 g/mol. The van der Waals surface area contributed by atoms with Crippen molar-refractivity contribution in [3.63, 3.8) is 0 Å². The van der Waals surface area contributed by atoms with Crippen LogP contribution in [-0.4, -0.2) is 12.3 Å². The van der Waals surface area contributed by atoms with Crippen LogP contribution in [0.5, 0.6) is 0 Å². The van der Waals surface area contributed by atoms with Crippen LogP contribution in [0.3, 0.4) is 0 Å². The molecule has 0 saturated heterocycles. The van der Waals surface area contributed by atoms with Crippen molar-refractivity contribution in [1.29, 1.82) is 0 Å². The van der Waals surface area contributed by atoms with E-state index in [-0.39, 0.29) is 55.6 Å². The highest BCUT2D eigenvalue weighted by atomic mass is 16.3. The molecule has 9 aromatic carbocycles. The van der Waals surface area contributed by atoms with Crippen LogP contribution < -0.4 is 31.1 Å². The van der Waals surface area contributed by atoms with Gasteiger partial charge in [0, 0.05) is 61.4 Å². The molecule has 470 valence electrons. The Bertz CT molecular complexity index is 4860. The van der Waals surface area contributed by atoms with Gasteiger partial charge in [-0.2, -0.15) is 0 Å². The Labute approximate surface area is 554 Å². The molecule has 0 spiro atoms. The summed E-state index contributed by atoms with van der Waals surface area (Å²) in [5, 5.41) is 2.28. The van der Waals surface area contributed by atoms with Crippen LogP contribution in [0.25, 0.3) is 33.1 Å². The van der Waals surface area contributed by atoms with Gasteiger partial charge in [0.2, 0.25) is 0 Å². The summed E-state index contributed by atoms with van der Waals surface area (Å²) in [6.07, 6.45) is 9.22. The van der Waals surface area contributed by atoms with E-state index in [0.29, 0.717) is 0 Å². The second kappa shape index (κ2) is 19.0. The Kier molecular flexibility index (Phi) is 12.1. The highest BCUT2D eigenvalue weighted by molar-refractivity contribution is 7.00. The van der Waals surface area contributed by atoms with Gasteiger partial charge in [0.1, 0.15) is 11.2 Å². The van der Waals surface area contributed by atoms with Crippen molar-refractivity contribution < 1.29 is 4.42 Å². The molecule has 0 N–H and O–H groups in total. The SMILES string of the molecule is CC(C)(C)c1ccc(-c2ccc3c(c2)C2(C)CCCCC2(C)N3c2cc3c4c(c2)N(c2cccc5oc6ccccc6c25)c2cc5c(cc2B4c2cc4c(cc2N3c2ccc3c(c2)C(C)(C)CCC3(C)C)C(C)(C)CCC4(C)C)C(C)(C)c2ccccc2C5(C)C)cc1. The number of fused-ring (bicyclic) bond motifs is 14. The van der Waals surface area contributed by atoms with Crippen molar-refractivity contribution in [1.82, 2.24) is 0 Å². The molecule has 4 nitrogen and oxygen atoms in total. The van der Waals surface area contributed by atoms with E-state index in [2.05, 4.69) is 296 Å². The third-order valence-electron chi connectivity index (χ3n) is 25.9. The summed E-state index contributed by atoms with van der Waals surface area (Å²) in [6, 6.07) is 65.9. The Morgan fingerprint density at radius 2 is 0.914 bits per heavy atom. The van der Waals surface area contributed by atoms with Gasteiger partial charge in [-0.3, -0.25) is 0 Å². The third kappa shape index (κ3) is 8.04. The van der Waals surface area contributed by atoms with Crippen molar-refractivity contribution in [3.05, 3.63) is 219 Å². The maximum atomic E-state index is 6.96. The predicted molar refractivity (Wildman–Crippen MR) is 396 cm³/mol. The summed E-state index contributed by atoms with van der Waals surface area (Å²) in [6.45, 7) is 42.1. The quantitative estimate of drug-likeness (QED) is 0.164. The molecule has 4 heterocycles. The third-order valence-corrected chi connectivity index (χ3v) is 25.9. The Morgan fingerprint density at radius 3 is 1.58 bits per heavy atom. The van der Waals surface area contributed by atoms with Gasteiger partial charge in [-0.25, -0.2) is 0 Å². The molecule has 1 fully saturated rings. The fourth-order valence-electron chi connectivity index (χ4n) is 19.8. The van der Waals surface area contributed by atoms with E-state index in [1.165, 1.54) is 142 Å². The maximum absolute atomic E-state index is 6.96. The standard InChI is InChI=1S/C88H94BN3O/c1-80(2,3)55-34-31-53(32-35-55)54-33-38-70-67(45-54)87(16)39-22-23-40-88(87,17)92(70)57-47-74-79-75(48-57)91(71-28-24-30-77-78(71)58-25-18-21-29-76(58)93-77)73-52-66-65(85(12,13)60-26-19-20-27-61(60)86(66,14)15)50-69(73)89(79)68-49-63-64(84(10,11)44-43-83(63,8)9)51-72(68)90(74)56-36-37-59-62(46-56)82(6,7)42-41-81(59,4)5/h18-21,24-38,45-52H,22-23,39-44H2,1-17H3. The van der Waals surface area contributed by atoms with Crippen molar-refractivity contribution >= 4 is 90.5 Å². The molecule has 3 aliphatic heterocycles. The summed E-state index contributed by atoms with van der Waals surface area (Å²) in [5.74, 6) is 0. The lowest BCUT2D eigenvalue weighted by atomic mass is 9.32. The smallest absolute Gasteiger partial charge is 0.252 e. The minimum atomic E-state index is -0.290. The highest BCUT2D eigenvalue weighted by Gasteiger charge is 2.59. The van der Waals surface area contributed by atoms with E-state index >= 15 is 0 Å².